The van der Waals surface area contributed by atoms with Crippen LogP contribution in [0.1, 0.15) is 42.7 Å². The van der Waals surface area contributed by atoms with Crippen LogP contribution < -0.4 is 0 Å². The molecule has 0 N–H and O–H groups in total. The number of ether oxygens (including phenoxy) is 1. The Kier molecular flexibility index (Phi) is 4.32. The zero-order chi connectivity index (χ0) is 12.1. The Hall–Kier alpha value is -1.15. The van der Waals surface area contributed by atoms with Crippen LogP contribution in [0, 0.1) is 0 Å². The molecule has 2 rings (SSSR count). The third-order valence-corrected chi connectivity index (χ3v) is 3.57. The van der Waals surface area contributed by atoms with Crippen molar-refractivity contribution in [2.45, 2.75) is 38.0 Å². The fourth-order valence-electron chi connectivity index (χ4n) is 2.72. The maximum absolute atomic E-state index is 11.5. The van der Waals surface area contributed by atoms with Crippen molar-refractivity contribution < 1.29 is 9.53 Å². The minimum atomic E-state index is 0.218. The second-order valence-electron chi connectivity index (χ2n) is 4.80. The van der Waals surface area contributed by atoms with Crippen LogP contribution in [0.2, 0.25) is 0 Å². The molecule has 0 heterocycles. The third kappa shape index (κ3) is 3.16. The van der Waals surface area contributed by atoms with Gasteiger partial charge in [0.25, 0.3) is 0 Å². The average Bonchev–Trinajstić information content (AvgIpc) is 2.36. The van der Waals surface area contributed by atoms with Crippen molar-refractivity contribution >= 4 is 5.78 Å². The van der Waals surface area contributed by atoms with Gasteiger partial charge >= 0.3 is 0 Å². The molecule has 0 amide bonds. The first-order chi connectivity index (χ1) is 8.31. The van der Waals surface area contributed by atoms with E-state index < -0.39 is 0 Å². The third-order valence-electron chi connectivity index (χ3n) is 3.57. The topological polar surface area (TPSA) is 26.3 Å². The van der Waals surface area contributed by atoms with Crippen molar-refractivity contribution in [2.24, 2.45) is 0 Å². The SMILES string of the molecule is COCC(=O)CCC1CCCc2ccccc21. The number of methoxy groups -OCH3 is 1. The molecular weight excluding hydrogens is 212 g/mol. The molecule has 0 saturated carbocycles. The van der Waals surface area contributed by atoms with Crippen molar-refractivity contribution in [1.29, 1.82) is 0 Å². The van der Waals surface area contributed by atoms with Gasteiger partial charge in [0.1, 0.15) is 6.61 Å². The maximum Gasteiger partial charge on any atom is 0.158 e. The number of aryl methyl sites for hydroxylation is 1. The number of carbonyl (C=O) groups is 1. The average molecular weight is 232 g/mol. The maximum atomic E-state index is 11.5. The monoisotopic (exact) mass is 232 g/mol. The summed E-state index contributed by atoms with van der Waals surface area (Å²) in [6.07, 6.45) is 5.28. The standard InChI is InChI=1S/C15H20O2/c1-17-11-14(16)10-9-13-7-4-6-12-5-2-3-8-15(12)13/h2-3,5,8,13H,4,6-7,9-11H2,1H3. The molecule has 1 aromatic rings. The van der Waals surface area contributed by atoms with Crippen LogP contribution in [-0.2, 0) is 16.0 Å². The van der Waals surface area contributed by atoms with Gasteiger partial charge in [-0.15, -0.1) is 0 Å². The van der Waals surface area contributed by atoms with Gasteiger partial charge in [0.05, 0.1) is 0 Å². The number of Topliss-reactive ketones (excluding diaryl/α,β-unsaturated/α-hetero) is 1. The number of benzene rings is 1. The van der Waals surface area contributed by atoms with Crippen molar-refractivity contribution in [3.63, 3.8) is 0 Å². The Morgan fingerprint density at radius 3 is 3.06 bits per heavy atom. The van der Waals surface area contributed by atoms with Gasteiger partial charge in [-0.05, 0) is 42.7 Å². The van der Waals surface area contributed by atoms with Crippen LogP contribution in [0.25, 0.3) is 0 Å². The Labute approximate surface area is 103 Å². The van der Waals surface area contributed by atoms with E-state index in [0.29, 0.717) is 12.3 Å². The summed E-state index contributed by atoms with van der Waals surface area (Å²) in [6, 6.07) is 8.66. The van der Waals surface area contributed by atoms with Gasteiger partial charge in [-0.2, -0.15) is 0 Å². The van der Waals surface area contributed by atoms with Crippen LogP contribution >= 0.6 is 0 Å². The van der Waals surface area contributed by atoms with Crippen molar-refractivity contribution in [2.75, 3.05) is 13.7 Å². The fourth-order valence-corrected chi connectivity index (χ4v) is 2.72. The van der Waals surface area contributed by atoms with Gasteiger partial charge in [0.2, 0.25) is 0 Å². The summed E-state index contributed by atoms with van der Waals surface area (Å²) in [7, 11) is 1.58. The lowest BCUT2D eigenvalue weighted by Crippen LogP contribution is -2.13. The van der Waals surface area contributed by atoms with E-state index >= 15 is 0 Å². The molecule has 1 aromatic carbocycles. The van der Waals surface area contributed by atoms with E-state index in [9.17, 15) is 4.79 Å². The molecule has 0 saturated heterocycles. The van der Waals surface area contributed by atoms with Gasteiger partial charge in [0.15, 0.2) is 5.78 Å². The molecule has 1 aliphatic carbocycles. The molecule has 0 fully saturated rings. The summed E-state index contributed by atoms with van der Waals surface area (Å²) in [4.78, 5) is 11.5. The molecule has 92 valence electrons. The Bertz CT molecular complexity index is 384. The lowest BCUT2D eigenvalue weighted by atomic mass is 9.80. The highest BCUT2D eigenvalue weighted by Crippen LogP contribution is 2.34. The Morgan fingerprint density at radius 1 is 1.41 bits per heavy atom. The molecule has 0 aromatic heterocycles. The molecule has 1 atom stereocenters. The van der Waals surface area contributed by atoms with Crippen LogP contribution in [-0.4, -0.2) is 19.5 Å². The van der Waals surface area contributed by atoms with Gasteiger partial charge in [-0.3, -0.25) is 4.79 Å². The van der Waals surface area contributed by atoms with Gasteiger partial charge in [0, 0.05) is 13.5 Å². The molecular formula is C15H20O2. The minimum Gasteiger partial charge on any atom is -0.377 e. The molecule has 0 aliphatic heterocycles. The van der Waals surface area contributed by atoms with Crippen LogP contribution in [0.4, 0.5) is 0 Å². The number of ketones is 1. The lowest BCUT2D eigenvalue weighted by molar-refractivity contribution is -0.122. The van der Waals surface area contributed by atoms with Gasteiger partial charge < -0.3 is 4.74 Å². The fraction of sp³-hybridized carbons (Fsp3) is 0.533. The minimum absolute atomic E-state index is 0.218. The molecule has 0 radical (unpaired) electrons. The zero-order valence-electron chi connectivity index (χ0n) is 10.4. The summed E-state index contributed by atoms with van der Waals surface area (Å²) in [5.41, 5.74) is 2.94. The highest BCUT2D eigenvalue weighted by Gasteiger charge is 2.20. The van der Waals surface area contributed by atoms with Gasteiger partial charge in [-0.1, -0.05) is 24.3 Å². The molecule has 17 heavy (non-hydrogen) atoms. The van der Waals surface area contributed by atoms with E-state index in [1.54, 1.807) is 7.11 Å². The Morgan fingerprint density at radius 2 is 2.24 bits per heavy atom. The summed E-state index contributed by atoms with van der Waals surface area (Å²) in [6.45, 7) is 0.258. The number of hydrogen-bond acceptors (Lipinski definition) is 2. The number of carbonyl (C=O) groups excluding carboxylic acids is 1. The Balaban J connectivity index is 1.97. The van der Waals surface area contributed by atoms with Crippen molar-refractivity contribution in [1.82, 2.24) is 0 Å². The van der Waals surface area contributed by atoms with E-state index in [1.807, 2.05) is 0 Å². The van der Waals surface area contributed by atoms with E-state index in [2.05, 4.69) is 24.3 Å². The first-order valence-electron chi connectivity index (χ1n) is 6.39. The van der Waals surface area contributed by atoms with E-state index in [0.717, 1.165) is 6.42 Å². The number of rotatable bonds is 5. The number of hydrogen-bond donors (Lipinski definition) is 0. The van der Waals surface area contributed by atoms with E-state index in [4.69, 9.17) is 4.74 Å². The molecule has 1 aliphatic rings. The quantitative estimate of drug-likeness (QED) is 0.779. The highest BCUT2D eigenvalue weighted by molar-refractivity contribution is 5.79. The molecule has 0 bridgehead atoms. The number of fused-ring (bicyclic) bond motifs is 1. The zero-order valence-corrected chi connectivity index (χ0v) is 10.4. The molecule has 1 unspecified atom stereocenters. The van der Waals surface area contributed by atoms with Crippen molar-refractivity contribution in [3.05, 3.63) is 35.4 Å². The molecule has 2 heteroatoms. The second-order valence-corrected chi connectivity index (χ2v) is 4.80. The predicted molar refractivity (Wildman–Crippen MR) is 68.2 cm³/mol. The lowest BCUT2D eigenvalue weighted by Gasteiger charge is -2.25. The summed E-state index contributed by atoms with van der Waals surface area (Å²) >= 11 is 0. The first-order valence-corrected chi connectivity index (χ1v) is 6.39. The van der Waals surface area contributed by atoms with Crippen molar-refractivity contribution in [3.8, 4) is 0 Å². The van der Waals surface area contributed by atoms with E-state index in [1.165, 1.54) is 30.4 Å². The molecule has 2 nitrogen and oxygen atoms in total. The van der Waals surface area contributed by atoms with E-state index in [-0.39, 0.29) is 12.4 Å². The predicted octanol–water partition coefficient (Wildman–Crippen LogP) is 3.10. The largest absolute Gasteiger partial charge is 0.377 e. The summed E-state index contributed by atoms with van der Waals surface area (Å²) < 4.78 is 4.86. The molecule has 0 spiro atoms. The van der Waals surface area contributed by atoms with Crippen LogP contribution in [0.5, 0.6) is 0 Å². The van der Waals surface area contributed by atoms with Gasteiger partial charge in [-0.25, -0.2) is 0 Å². The summed E-state index contributed by atoms with van der Waals surface area (Å²) in [5.74, 6) is 0.788. The second kappa shape index (κ2) is 5.97. The summed E-state index contributed by atoms with van der Waals surface area (Å²) in [5, 5.41) is 0. The smallest absolute Gasteiger partial charge is 0.158 e. The van der Waals surface area contributed by atoms with Crippen LogP contribution in [0.3, 0.4) is 0 Å². The highest BCUT2D eigenvalue weighted by atomic mass is 16.5. The normalized spacial score (nSPS) is 18.8. The van der Waals surface area contributed by atoms with Crippen LogP contribution in [0.15, 0.2) is 24.3 Å². The first kappa shape index (κ1) is 12.3.